The van der Waals surface area contributed by atoms with Gasteiger partial charge in [0, 0.05) is 41.5 Å². The molecule has 2 atom stereocenters. The summed E-state index contributed by atoms with van der Waals surface area (Å²) in [5.41, 5.74) is 0. The summed E-state index contributed by atoms with van der Waals surface area (Å²) in [6, 6.07) is 5.80. The zero-order valence-corrected chi connectivity index (χ0v) is 12.2. The second-order valence-electron chi connectivity index (χ2n) is 5.55. The van der Waals surface area contributed by atoms with Crippen LogP contribution in [0.25, 0.3) is 0 Å². The Bertz CT molecular complexity index is 359. The first kappa shape index (κ1) is 13.1. The fraction of sp³-hybridized carbons (Fsp3) is 0.714. The maximum atomic E-state index is 3.65. The van der Waals surface area contributed by atoms with Gasteiger partial charge in [-0.15, -0.1) is 11.3 Å². The lowest BCUT2D eigenvalue weighted by atomic mass is 10.00. The molecule has 1 aromatic rings. The van der Waals surface area contributed by atoms with E-state index in [0.717, 1.165) is 19.0 Å². The number of thiophene rings is 1. The van der Waals surface area contributed by atoms with Crippen molar-refractivity contribution in [2.45, 2.75) is 46.3 Å². The van der Waals surface area contributed by atoms with E-state index in [1.54, 1.807) is 0 Å². The van der Waals surface area contributed by atoms with Crippen molar-refractivity contribution in [3.8, 4) is 0 Å². The predicted octanol–water partition coefficient (Wildman–Crippen LogP) is 2.87. The summed E-state index contributed by atoms with van der Waals surface area (Å²) in [4.78, 5) is 5.54. The van der Waals surface area contributed by atoms with E-state index in [9.17, 15) is 0 Å². The molecular formula is C14H24N2S. The molecule has 2 nitrogen and oxygen atoms in total. The van der Waals surface area contributed by atoms with Crippen LogP contribution in [0.3, 0.4) is 0 Å². The van der Waals surface area contributed by atoms with Crippen LogP contribution in [0.15, 0.2) is 12.1 Å². The van der Waals surface area contributed by atoms with E-state index in [2.05, 4.69) is 50.0 Å². The Morgan fingerprint density at radius 1 is 1.47 bits per heavy atom. The van der Waals surface area contributed by atoms with Gasteiger partial charge in [-0.3, -0.25) is 4.90 Å². The molecule has 0 aliphatic carbocycles. The van der Waals surface area contributed by atoms with E-state index in [1.807, 2.05) is 11.3 Å². The fourth-order valence-electron chi connectivity index (χ4n) is 2.39. The maximum Gasteiger partial charge on any atom is 0.0332 e. The van der Waals surface area contributed by atoms with Crippen molar-refractivity contribution in [2.24, 2.45) is 5.92 Å². The first-order chi connectivity index (χ1) is 8.06. The van der Waals surface area contributed by atoms with Gasteiger partial charge in [0.1, 0.15) is 0 Å². The number of hydrogen-bond acceptors (Lipinski definition) is 3. The molecule has 1 aliphatic heterocycles. The standard InChI is InChI=1S/C14H24N2S/c1-10(2)14-9-16(11(3)7-15-14)8-13-6-5-12(4)17-13/h5-6,10-11,14-15H,7-9H2,1-4H3. The topological polar surface area (TPSA) is 15.3 Å². The van der Waals surface area contributed by atoms with Crippen LogP contribution < -0.4 is 5.32 Å². The Hall–Kier alpha value is -0.380. The maximum absolute atomic E-state index is 3.65. The van der Waals surface area contributed by atoms with Crippen molar-refractivity contribution in [1.82, 2.24) is 10.2 Å². The van der Waals surface area contributed by atoms with Gasteiger partial charge in [0.05, 0.1) is 0 Å². The molecule has 17 heavy (non-hydrogen) atoms. The average molecular weight is 252 g/mol. The lowest BCUT2D eigenvalue weighted by Gasteiger charge is -2.40. The van der Waals surface area contributed by atoms with Gasteiger partial charge >= 0.3 is 0 Å². The third-order valence-electron chi connectivity index (χ3n) is 3.69. The summed E-state index contributed by atoms with van der Waals surface area (Å²) in [5, 5.41) is 3.65. The Morgan fingerprint density at radius 2 is 2.24 bits per heavy atom. The predicted molar refractivity (Wildman–Crippen MR) is 75.6 cm³/mol. The van der Waals surface area contributed by atoms with Crippen LogP contribution in [-0.2, 0) is 6.54 Å². The van der Waals surface area contributed by atoms with Crippen molar-refractivity contribution in [1.29, 1.82) is 0 Å². The largest absolute Gasteiger partial charge is 0.311 e. The first-order valence-corrected chi connectivity index (χ1v) is 7.40. The van der Waals surface area contributed by atoms with Crippen LogP contribution in [0.1, 0.15) is 30.5 Å². The molecule has 1 N–H and O–H groups in total. The van der Waals surface area contributed by atoms with E-state index in [-0.39, 0.29) is 0 Å². The van der Waals surface area contributed by atoms with Gasteiger partial charge in [-0.2, -0.15) is 0 Å². The van der Waals surface area contributed by atoms with E-state index in [0.29, 0.717) is 12.1 Å². The summed E-state index contributed by atoms with van der Waals surface area (Å²) in [6.07, 6.45) is 0. The molecule has 2 rings (SSSR count). The molecule has 0 amide bonds. The van der Waals surface area contributed by atoms with Gasteiger partial charge in [0.15, 0.2) is 0 Å². The molecule has 0 saturated carbocycles. The number of rotatable bonds is 3. The molecule has 2 unspecified atom stereocenters. The second kappa shape index (κ2) is 5.51. The summed E-state index contributed by atoms with van der Waals surface area (Å²) >= 11 is 1.93. The molecule has 1 saturated heterocycles. The Labute approximate surface area is 109 Å². The van der Waals surface area contributed by atoms with Crippen LogP contribution in [0, 0.1) is 12.8 Å². The van der Waals surface area contributed by atoms with Gasteiger partial charge in [0.25, 0.3) is 0 Å². The molecule has 1 aliphatic rings. The van der Waals surface area contributed by atoms with Crippen molar-refractivity contribution in [3.05, 3.63) is 21.9 Å². The van der Waals surface area contributed by atoms with Crippen LogP contribution in [0.2, 0.25) is 0 Å². The smallest absolute Gasteiger partial charge is 0.0332 e. The molecule has 0 radical (unpaired) electrons. The molecular weight excluding hydrogens is 228 g/mol. The van der Waals surface area contributed by atoms with Crippen LogP contribution in [0.5, 0.6) is 0 Å². The van der Waals surface area contributed by atoms with Gasteiger partial charge in [0.2, 0.25) is 0 Å². The first-order valence-electron chi connectivity index (χ1n) is 6.59. The molecule has 1 aromatic heterocycles. The molecule has 2 heterocycles. The van der Waals surface area contributed by atoms with Gasteiger partial charge in [-0.05, 0) is 31.9 Å². The highest BCUT2D eigenvalue weighted by molar-refractivity contribution is 7.11. The highest BCUT2D eigenvalue weighted by Gasteiger charge is 2.26. The number of nitrogens with one attached hydrogen (secondary N) is 1. The van der Waals surface area contributed by atoms with Crippen molar-refractivity contribution >= 4 is 11.3 Å². The molecule has 0 aromatic carbocycles. The highest BCUT2D eigenvalue weighted by atomic mass is 32.1. The summed E-state index contributed by atoms with van der Waals surface area (Å²) in [6.45, 7) is 12.5. The SMILES string of the molecule is Cc1ccc(CN2CC(C(C)C)NCC2C)s1. The average Bonchev–Trinajstić information content (AvgIpc) is 2.67. The van der Waals surface area contributed by atoms with E-state index >= 15 is 0 Å². The Morgan fingerprint density at radius 3 is 2.82 bits per heavy atom. The minimum atomic E-state index is 0.646. The minimum Gasteiger partial charge on any atom is -0.311 e. The number of piperazine rings is 1. The number of nitrogens with zero attached hydrogens (tertiary/aromatic N) is 1. The van der Waals surface area contributed by atoms with Crippen LogP contribution in [0.4, 0.5) is 0 Å². The van der Waals surface area contributed by atoms with Gasteiger partial charge in [-0.25, -0.2) is 0 Å². The summed E-state index contributed by atoms with van der Waals surface area (Å²) in [7, 11) is 0. The molecule has 3 heteroatoms. The lowest BCUT2D eigenvalue weighted by Crippen LogP contribution is -2.56. The Kier molecular flexibility index (Phi) is 4.23. The summed E-state index contributed by atoms with van der Waals surface area (Å²) < 4.78 is 0. The monoisotopic (exact) mass is 252 g/mol. The molecule has 0 bridgehead atoms. The second-order valence-corrected chi connectivity index (χ2v) is 6.92. The minimum absolute atomic E-state index is 0.646. The zero-order valence-electron chi connectivity index (χ0n) is 11.4. The summed E-state index contributed by atoms with van der Waals surface area (Å²) in [5.74, 6) is 0.718. The van der Waals surface area contributed by atoms with Crippen molar-refractivity contribution in [2.75, 3.05) is 13.1 Å². The molecule has 0 spiro atoms. The van der Waals surface area contributed by atoms with E-state index < -0.39 is 0 Å². The number of hydrogen-bond donors (Lipinski definition) is 1. The zero-order chi connectivity index (χ0) is 12.4. The normalized spacial score (nSPS) is 26.6. The molecule has 96 valence electrons. The van der Waals surface area contributed by atoms with Crippen LogP contribution in [-0.4, -0.2) is 30.1 Å². The number of aryl methyl sites for hydroxylation is 1. The highest BCUT2D eigenvalue weighted by Crippen LogP contribution is 2.20. The van der Waals surface area contributed by atoms with Crippen molar-refractivity contribution < 1.29 is 0 Å². The quantitative estimate of drug-likeness (QED) is 0.890. The third-order valence-corrected chi connectivity index (χ3v) is 4.68. The van der Waals surface area contributed by atoms with Gasteiger partial charge < -0.3 is 5.32 Å². The van der Waals surface area contributed by atoms with Crippen molar-refractivity contribution in [3.63, 3.8) is 0 Å². The van der Waals surface area contributed by atoms with E-state index in [4.69, 9.17) is 0 Å². The van der Waals surface area contributed by atoms with E-state index in [1.165, 1.54) is 16.3 Å². The third kappa shape index (κ3) is 3.30. The molecule has 1 fully saturated rings. The Balaban J connectivity index is 1.98. The van der Waals surface area contributed by atoms with Crippen LogP contribution >= 0.6 is 11.3 Å². The fourth-order valence-corrected chi connectivity index (χ4v) is 3.30. The lowest BCUT2D eigenvalue weighted by molar-refractivity contribution is 0.117. The van der Waals surface area contributed by atoms with Gasteiger partial charge in [-0.1, -0.05) is 13.8 Å².